The number of likely N-dealkylation sites (N-methyl/N-ethyl adjacent to an activating group) is 1. The van der Waals surface area contributed by atoms with E-state index in [0.29, 0.717) is 5.54 Å². The zero-order chi connectivity index (χ0) is 13.0. The highest BCUT2D eigenvalue weighted by Gasteiger charge is 2.54. The van der Waals surface area contributed by atoms with Crippen LogP contribution in [-0.4, -0.2) is 37.1 Å². The average Bonchev–Trinajstić information content (AvgIpc) is 2.98. The van der Waals surface area contributed by atoms with Crippen molar-refractivity contribution in [2.24, 2.45) is 23.7 Å². The summed E-state index contributed by atoms with van der Waals surface area (Å²) in [5.41, 5.74) is 0.497. The van der Waals surface area contributed by atoms with Crippen LogP contribution in [0.4, 0.5) is 0 Å². The molecule has 0 heterocycles. The zero-order valence-corrected chi connectivity index (χ0v) is 12.7. The number of hydrogen-bond donors (Lipinski definition) is 1. The molecule has 108 valence electrons. The molecule has 0 amide bonds. The van der Waals surface area contributed by atoms with Gasteiger partial charge in [0.25, 0.3) is 0 Å². The van der Waals surface area contributed by atoms with Crippen LogP contribution in [0.15, 0.2) is 0 Å². The number of nitrogens with zero attached hydrogens (tertiary/aromatic N) is 1. The minimum Gasteiger partial charge on any atom is -0.312 e. The molecule has 4 rings (SSSR count). The normalized spacial score (nSPS) is 46.6. The molecule has 5 unspecified atom stereocenters. The monoisotopic (exact) mass is 262 g/mol. The van der Waals surface area contributed by atoms with E-state index >= 15 is 0 Å². The Morgan fingerprint density at radius 2 is 1.79 bits per heavy atom. The van der Waals surface area contributed by atoms with Crippen molar-refractivity contribution in [2.75, 3.05) is 20.6 Å². The largest absolute Gasteiger partial charge is 0.312 e. The van der Waals surface area contributed by atoms with Gasteiger partial charge in [-0.2, -0.15) is 0 Å². The second-order valence-corrected chi connectivity index (χ2v) is 8.11. The fourth-order valence-electron chi connectivity index (χ4n) is 5.99. The van der Waals surface area contributed by atoms with Gasteiger partial charge in [-0.3, -0.25) is 0 Å². The molecule has 0 radical (unpaired) electrons. The van der Waals surface area contributed by atoms with Crippen molar-refractivity contribution in [3.8, 4) is 0 Å². The Kier molecular flexibility index (Phi) is 2.97. The second kappa shape index (κ2) is 4.46. The van der Waals surface area contributed by atoms with E-state index in [-0.39, 0.29) is 0 Å². The third-order valence-corrected chi connectivity index (χ3v) is 7.35. The molecule has 2 nitrogen and oxygen atoms in total. The summed E-state index contributed by atoms with van der Waals surface area (Å²) < 4.78 is 0. The molecule has 1 N–H and O–H groups in total. The van der Waals surface area contributed by atoms with Crippen LogP contribution >= 0.6 is 0 Å². The van der Waals surface area contributed by atoms with E-state index in [2.05, 4.69) is 24.3 Å². The van der Waals surface area contributed by atoms with Gasteiger partial charge in [0, 0.05) is 18.1 Å². The van der Waals surface area contributed by atoms with E-state index in [1.807, 2.05) is 0 Å². The quantitative estimate of drug-likeness (QED) is 0.838. The van der Waals surface area contributed by atoms with E-state index in [0.717, 1.165) is 29.7 Å². The Labute approximate surface area is 118 Å². The summed E-state index contributed by atoms with van der Waals surface area (Å²) in [4.78, 5) is 2.48. The lowest BCUT2D eigenvalue weighted by Gasteiger charge is -2.48. The number of rotatable bonds is 4. The number of hydrogen-bond acceptors (Lipinski definition) is 2. The SMILES string of the molecule is CN(C)C1(CNC2CC3CC2C2CCCC32)CCC1. The van der Waals surface area contributed by atoms with Gasteiger partial charge in [0.2, 0.25) is 0 Å². The molecule has 2 bridgehead atoms. The van der Waals surface area contributed by atoms with Gasteiger partial charge in [0.05, 0.1) is 0 Å². The maximum absolute atomic E-state index is 4.01. The van der Waals surface area contributed by atoms with Crippen molar-refractivity contribution in [1.29, 1.82) is 0 Å². The van der Waals surface area contributed by atoms with Crippen LogP contribution in [0.2, 0.25) is 0 Å². The van der Waals surface area contributed by atoms with Crippen molar-refractivity contribution in [1.82, 2.24) is 10.2 Å². The molecule has 2 heteroatoms. The molecule has 4 saturated carbocycles. The molecule has 0 aromatic heterocycles. The van der Waals surface area contributed by atoms with Crippen molar-refractivity contribution in [2.45, 2.75) is 62.9 Å². The summed E-state index contributed by atoms with van der Waals surface area (Å²) in [5, 5.41) is 4.01. The third-order valence-electron chi connectivity index (χ3n) is 7.35. The molecule has 0 spiro atoms. The fraction of sp³-hybridized carbons (Fsp3) is 1.00. The third kappa shape index (κ3) is 1.82. The van der Waals surface area contributed by atoms with Crippen LogP contribution in [0.1, 0.15) is 51.4 Å². The molecule has 0 aromatic carbocycles. The highest BCUT2D eigenvalue weighted by molar-refractivity contribution is 5.07. The molecular weight excluding hydrogens is 232 g/mol. The van der Waals surface area contributed by atoms with Gasteiger partial charge < -0.3 is 10.2 Å². The molecule has 0 aromatic rings. The summed E-state index contributed by atoms with van der Waals surface area (Å²) in [6, 6.07) is 0.863. The summed E-state index contributed by atoms with van der Waals surface area (Å²) in [6.45, 7) is 1.24. The smallest absolute Gasteiger partial charge is 0.0328 e. The molecule has 19 heavy (non-hydrogen) atoms. The van der Waals surface area contributed by atoms with Crippen molar-refractivity contribution >= 4 is 0 Å². The Morgan fingerprint density at radius 1 is 1.00 bits per heavy atom. The van der Waals surface area contributed by atoms with E-state index in [1.54, 1.807) is 19.3 Å². The standard InChI is InChI=1S/C17H30N2/c1-19(2)17(7-4-8-17)11-18-16-10-12-9-15(16)14-6-3-5-13(12)14/h12-16,18H,3-11H2,1-2H3. The first-order chi connectivity index (χ1) is 9.20. The Balaban J connectivity index is 1.37. The van der Waals surface area contributed by atoms with E-state index in [9.17, 15) is 0 Å². The molecular formula is C17H30N2. The van der Waals surface area contributed by atoms with Crippen LogP contribution in [0.3, 0.4) is 0 Å². The number of nitrogens with one attached hydrogen (secondary N) is 1. The van der Waals surface area contributed by atoms with Crippen LogP contribution in [0, 0.1) is 23.7 Å². The van der Waals surface area contributed by atoms with E-state index in [4.69, 9.17) is 0 Å². The zero-order valence-electron chi connectivity index (χ0n) is 12.7. The minimum absolute atomic E-state index is 0.497. The van der Waals surface area contributed by atoms with E-state index < -0.39 is 0 Å². The van der Waals surface area contributed by atoms with Crippen LogP contribution in [0.25, 0.3) is 0 Å². The molecule has 4 fully saturated rings. The lowest BCUT2D eigenvalue weighted by atomic mass is 9.74. The molecule has 4 aliphatic carbocycles. The average molecular weight is 262 g/mol. The first-order valence-corrected chi connectivity index (χ1v) is 8.60. The Hall–Kier alpha value is -0.0800. The summed E-state index contributed by atoms with van der Waals surface area (Å²) >= 11 is 0. The van der Waals surface area contributed by atoms with Crippen LogP contribution in [0.5, 0.6) is 0 Å². The van der Waals surface area contributed by atoms with Crippen molar-refractivity contribution in [3.05, 3.63) is 0 Å². The van der Waals surface area contributed by atoms with Gasteiger partial charge in [-0.25, -0.2) is 0 Å². The van der Waals surface area contributed by atoms with Gasteiger partial charge in [0.15, 0.2) is 0 Å². The van der Waals surface area contributed by atoms with Gasteiger partial charge >= 0.3 is 0 Å². The summed E-state index contributed by atoms with van der Waals surface area (Å²) in [6.07, 6.45) is 11.9. The number of fused-ring (bicyclic) bond motifs is 5. The fourth-order valence-corrected chi connectivity index (χ4v) is 5.99. The Bertz CT molecular complexity index is 347. The van der Waals surface area contributed by atoms with Gasteiger partial charge in [-0.05, 0) is 82.7 Å². The predicted molar refractivity (Wildman–Crippen MR) is 79.1 cm³/mol. The Morgan fingerprint density at radius 3 is 2.47 bits per heavy atom. The van der Waals surface area contributed by atoms with Crippen molar-refractivity contribution in [3.63, 3.8) is 0 Å². The van der Waals surface area contributed by atoms with Gasteiger partial charge in [-0.15, -0.1) is 0 Å². The van der Waals surface area contributed by atoms with Crippen LogP contribution in [-0.2, 0) is 0 Å². The highest BCUT2D eigenvalue weighted by atomic mass is 15.2. The maximum atomic E-state index is 4.01. The first kappa shape index (κ1) is 12.6. The second-order valence-electron chi connectivity index (χ2n) is 8.11. The van der Waals surface area contributed by atoms with E-state index in [1.165, 1.54) is 38.6 Å². The summed E-state index contributed by atoms with van der Waals surface area (Å²) in [7, 11) is 4.54. The predicted octanol–water partition coefficient (Wildman–Crippen LogP) is 2.89. The minimum atomic E-state index is 0.497. The van der Waals surface area contributed by atoms with Gasteiger partial charge in [0.1, 0.15) is 0 Å². The lowest BCUT2D eigenvalue weighted by Crippen LogP contribution is -2.58. The lowest BCUT2D eigenvalue weighted by molar-refractivity contribution is 0.0518. The summed E-state index contributed by atoms with van der Waals surface area (Å²) in [5.74, 6) is 4.37. The highest BCUT2D eigenvalue weighted by Crippen LogP contribution is 2.58. The molecule has 4 aliphatic rings. The van der Waals surface area contributed by atoms with Crippen molar-refractivity contribution < 1.29 is 0 Å². The topological polar surface area (TPSA) is 15.3 Å². The molecule has 0 saturated heterocycles. The first-order valence-electron chi connectivity index (χ1n) is 8.60. The van der Waals surface area contributed by atoms with Crippen LogP contribution < -0.4 is 5.32 Å². The molecule has 0 aliphatic heterocycles. The molecule has 5 atom stereocenters. The maximum Gasteiger partial charge on any atom is 0.0328 e. The van der Waals surface area contributed by atoms with Gasteiger partial charge in [-0.1, -0.05) is 6.42 Å².